The lowest BCUT2D eigenvalue weighted by molar-refractivity contribution is -0.128. The fourth-order valence-corrected chi connectivity index (χ4v) is 2.09. The highest BCUT2D eigenvalue weighted by atomic mass is 16.2. The van der Waals surface area contributed by atoms with E-state index in [-0.39, 0.29) is 18.4 Å². The van der Waals surface area contributed by atoms with Crippen molar-refractivity contribution in [2.45, 2.75) is 13.8 Å². The largest absolute Gasteiger partial charge is 0.399 e. The van der Waals surface area contributed by atoms with Crippen LogP contribution in [0.3, 0.4) is 0 Å². The molecule has 1 heterocycles. The van der Waals surface area contributed by atoms with E-state index in [1.54, 1.807) is 39.1 Å². The van der Waals surface area contributed by atoms with Gasteiger partial charge in [0.2, 0.25) is 5.91 Å². The monoisotopic (exact) mass is 288 g/mol. The van der Waals surface area contributed by atoms with E-state index in [0.717, 1.165) is 10.9 Å². The Morgan fingerprint density at radius 3 is 2.67 bits per heavy atom. The summed E-state index contributed by atoms with van der Waals surface area (Å²) in [6.45, 7) is 3.80. The van der Waals surface area contributed by atoms with Crippen LogP contribution < -0.4 is 16.4 Å². The number of H-pyrrole nitrogens is 1. The number of aromatic amines is 1. The summed E-state index contributed by atoms with van der Waals surface area (Å²) in [6, 6.07) is 7.15. The molecule has 6 heteroatoms. The highest BCUT2D eigenvalue weighted by Gasteiger charge is 2.27. The van der Waals surface area contributed by atoms with Crippen molar-refractivity contribution in [2.75, 3.05) is 19.3 Å². The Labute approximate surface area is 123 Å². The van der Waals surface area contributed by atoms with Crippen LogP contribution in [0.4, 0.5) is 5.69 Å². The second kappa shape index (κ2) is 5.47. The van der Waals surface area contributed by atoms with Crippen molar-refractivity contribution in [2.24, 2.45) is 5.41 Å². The van der Waals surface area contributed by atoms with Gasteiger partial charge in [0.1, 0.15) is 5.69 Å². The molecule has 2 amide bonds. The number of carbonyl (C=O) groups is 2. The van der Waals surface area contributed by atoms with Crippen molar-refractivity contribution in [3.63, 3.8) is 0 Å². The molecule has 0 radical (unpaired) electrons. The first kappa shape index (κ1) is 14.9. The molecule has 21 heavy (non-hydrogen) atoms. The summed E-state index contributed by atoms with van der Waals surface area (Å²) in [5.74, 6) is -0.367. The first-order valence-corrected chi connectivity index (χ1v) is 6.72. The predicted octanol–water partition coefficient (Wildman–Crippen LogP) is 1.25. The third-order valence-electron chi connectivity index (χ3n) is 3.42. The molecule has 0 aliphatic heterocycles. The van der Waals surface area contributed by atoms with Crippen molar-refractivity contribution >= 4 is 28.4 Å². The highest BCUT2D eigenvalue weighted by Crippen LogP contribution is 2.19. The van der Waals surface area contributed by atoms with Crippen LogP contribution in [-0.2, 0) is 4.79 Å². The average Bonchev–Trinajstić information content (AvgIpc) is 2.86. The van der Waals surface area contributed by atoms with Crippen LogP contribution in [0.1, 0.15) is 24.3 Å². The molecule has 1 aromatic carbocycles. The van der Waals surface area contributed by atoms with E-state index < -0.39 is 5.41 Å². The van der Waals surface area contributed by atoms with Crippen LogP contribution in [-0.4, -0.2) is 30.4 Å². The fourth-order valence-electron chi connectivity index (χ4n) is 2.09. The smallest absolute Gasteiger partial charge is 0.267 e. The van der Waals surface area contributed by atoms with E-state index in [0.29, 0.717) is 11.4 Å². The van der Waals surface area contributed by atoms with Crippen LogP contribution in [0.2, 0.25) is 0 Å². The summed E-state index contributed by atoms with van der Waals surface area (Å²) in [7, 11) is 1.58. The standard InChI is InChI=1S/C15H20N4O2/c1-15(2,14(21)17-3)8-18-13(20)12-7-9-6-10(16)4-5-11(9)19-12/h4-7,19H,8,16H2,1-3H3,(H,17,21)(H,18,20). The van der Waals surface area contributed by atoms with Crippen molar-refractivity contribution < 1.29 is 9.59 Å². The zero-order valence-electron chi connectivity index (χ0n) is 12.4. The molecule has 0 saturated heterocycles. The van der Waals surface area contributed by atoms with Crippen LogP contribution in [0.5, 0.6) is 0 Å². The summed E-state index contributed by atoms with van der Waals surface area (Å²) in [4.78, 5) is 26.9. The van der Waals surface area contributed by atoms with Gasteiger partial charge in [-0.2, -0.15) is 0 Å². The maximum Gasteiger partial charge on any atom is 0.267 e. The zero-order valence-corrected chi connectivity index (χ0v) is 12.4. The number of benzene rings is 1. The highest BCUT2D eigenvalue weighted by molar-refractivity contribution is 5.98. The number of hydrogen-bond donors (Lipinski definition) is 4. The van der Waals surface area contributed by atoms with Gasteiger partial charge in [-0.05, 0) is 38.1 Å². The van der Waals surface area contributed by atoms with Gasteiger partial charge in [-0.15, -0.1) is 0 Å². The Bertz CT molecular complexity index is 688. The first-order chi connectivity index (χ1) is 9.83. The van der Waals surface area contributed by atoms with Crippen LogP contribution in [0, 0.1) is 5.41 Å². The number of rotatable bonds is 4. The Morgan fingerprint density at radius 1 is 1.29 bits per heavy atom. The van der Waals surface area contributed by atoms with E-state index in [2.05, 4.69) is 15.6 Å². The van der Waals surface area contributed by atoms with Crippen LogP contribution >= 0.6 is 0 Å². The summed E-state index contributed by atoms with van der Waals surface area (Å²) < 4.78 is 0. The molecule has 0 atom stereocenters. The summed E-state index contributed by atoms with van der Waals surface area (Å²) in [6.07, 6.45) is 0. The lowest BCUT2D eigenvalue weighted by Crippen LogP contribution is -2.43. The molecule has 2 aromatic rings. The predicted molar refractivity (Wildman–Crippen MR) is 82.9 cm³/mol. The summed E-state index contributed by atoms with van der Waals surface area (Å²) >= 11 is 0. The number of nitrogens with one attached hydrogen (secondary N) is 3. The minimum absolute atomic E-state index is 0.118. The van der Waals surface area contributed by atoms with Gasteiger partial charge < -0.3 is 21.4 Å². The second-order valence-corrected chi connectivity index (χ2v) is 5.68. The summed E-state index contributed by atoms with van der Waals surface area (Å²) in [5, 5.41) is 6.23. The molecule has 0 spiro atoms. The minimum atomic E-state index is -0.666. The van der Waals surface area contributed by atoms with E-state index in [4.69, 9.17) is 5.73 Å². The Kier molecular flexibility index (Phi) is 3.88. The van der Waals surface area contributed by atoms with Gasteiger partial charge in [0.05, 0.1) is 5.41 Å². The van der Waals surface area contributed by atoms with Gasteiger partial charge in [-0.3, -0.25) is 9.59 Å². The lowest BCUT2D eigenvalue weighted by Gasteiger charge is -2.22. The van der Waals surface area contributed by atoms with Crippen molar-refractivity contribution in [1.82, 2.24) is 15.6 Å². The zero-order chi connectivity index (χ0) is 15.6. The number of nitrogen functional groups attached to an aromatic ring is 1. The third kappa shape index (κ3) is 3.16. The molecule has 0 aliphatic carbocycles. The van der Waals surface area contributed by atoms with E-state index >= 15 is 0 Å². The minimum Gasteiger partial charge on any atom is -0.399 e. The Hall–Kier alpha value is -2.50. The SMILES string of the molecule is CNC(=O)C(C)(C)CNC(=O)c1cc2cc(N)ccc2[nH]1. The maximum absolute atomic E-state index is 12.2. The number of amides is 2. The van der Waals surface area contributed by atoms with Gasteiger partial charge in [-0.1, -0.05) is 0 Å². The molecule has 1 aromatic heterocycles. The second-order valence-electron chi connectivity index (χ2n) is 5.68. The third-order valence-corrected chi connectivity index (χ3v) is 3.42. The molecule has 0 unspecified atom stereocenters. The molecule has 0 aliphatic rings. The quantitative estimate of drug-likeness (QED) is 0.637. The van der Waals surface area contributed by atoms with Gasteiger partial charge in [0.15, 0.2) is 0 Å². The van der Waals surface area contributed by atoms with Crippen molar-refractivity contribution in [1.29, 1.82) is 0 Å². The Morgan fingerprint density at radius 2 is 2.00 bits per heavy atom. The van der Waals surface area contributed by atoms with Crippen molar-refractivity contribution in [3.8, 4) is 0 Å². The Balaban J connectivity index is 2.10. The molecular formula is C15H20N4O2. The van der Waals surface area contributed by atoms with E-state index in [1.165, 1.54) is 0 Å². The normalized spacial score (nSPS) is 11.4. The number of fused-ring (bicyclic) bond motifs is 1. The topological polar surface area (TPSA) is 100 Å². The molecule has 6 nitrogen and oxygen atoms in total. The number of hydrogen-bond acceptors (Lipinski definition) is 3. The average molecular weight is 288 g/mol. The maximum atomic E-state index is 12.2. The number of aromatic nitrogens is 1. The molecule has 5 N–H and O–H groups in total. The van der Waals surface area contributed by atoms with Crippen molar-refractivity contribution in [3.05, 3.63) is 30.0 Å². The molecule has 0 saturated carbocycles. The van der Waals surface area contributed by atoms with E-state index in [9.17, 15) is 9.59 Å². The molecule has 0 bridgehead atoms. The number of nitrogens with two attached hydrogens (primary N) is 1. The first-order valence-electron chi connectivity index (χ1n) is 6.72. The number of carbonyl (C=O) groups excluding carboxylic acids is 2. The molecular weight excluding hydrogens is 268 g/mol. The fraction of sp³-hybridized carbons (Fsp3) is 0.333. The molecule has 2 rings (SSSR count). The van der Waals surface area contributed by atoms with Gasteiger partial charge in [-0.25, -0.2) is 0 Å². The van der Waals surface area contributed by atoms with E-state index in [1.807, 2.05) is 6.07 Å². The lowest BCUT2D eigenvalue weighted by atomic mass is 9.92. The van der Waals surface area contributed by atoms with Crippen LogP contribution in [0.25, 0.3) is 10.9 Å². The molecule has 112 valence electrons. The van der Waals surface area contributed by atoms with Gasteiger partial charge in [0.25, 0.3) is 5.91 Å². The number of anilines is 1. The molecule has 0 fully saturated rings. The van der Waals surface area contributed by atoms with Crippen LogP contribution in [0.15, 0.2) is 24.3 Å². The summed E-state index contributed by atoms with van der Waals surface area (Å²) in [5.41, 5.74) is 6.99. The van der Waals surface area contributed by atoms with Gasteiger partial charge >= 0.3 is 0 Å². The van der Waals surface area contributed by atoms with Gasteiger partial charge in [0, 0.05) is 30.2 Å².